The Hall–Kier alpha value is -2.03. The van der Waals surface area contributed by atoms with Crippen LogP contribution in [0.25, 0.3) is 0 Å². The van der Waals surface area contributed by atoms with Gasteiger partial charge in [-0.3, -0.25) is 9.79 Å². The van der Waals surface area contributed by atoms with Gasteiger partial charge in [0.15, 0.2) is 15.0 Å². The molecule has 2 atom stereocenters. The number of benzene rings is 2. The quantitative estimate of drug-likeness (QED) is 0.748. The lowest BCUT2D eigenvalue weighted by atomic mass is 10.1. The second-order valence-corrected chi connectivity index (χ2v) is 11.1. The molecule has 2 aliphatic rings. The van der Waals surface area contributed by atoms with Crippen LogP contribution in [-0.2, 0) is 14.6 Å². The molecule has 9 heteroatoms. The monoisotopic (exact) mass is 463 g/mol. The van der Waals surface area contributed by atoms with Crippen molar-refractivity contribution in [3.63, 3.8) is 0 Å². The van der Waals surface area contributed by atoms with Crippen LogP contribution >= 0.6 is 23.4 Å². The van der Waals surface area contributed by atoms with Crippen LogP contribution in [0.4, 0.5) is 11.4 Å². The van der Waals surface area contributed by atoms with E-state index in [0.29, 0.717) is 10.2 Å². The van der Waals surface area contributed by atoms with Crippen molar-refractivity contribution < 1.29 is 13.2 Å². The van der Waals surface area contributed by atoms with Gasteiger partial charge in [0.2, 0.25) is 5.91 Å². The molecule has 2 aliphatic heterocycles. The molecule has 0 radical (unpaired) electrons. The van der Waals surface area contributed by atoms with E-state index in [1.54, 1.807) is 12.1 Å². The minimum Gasteiger partial charge on any atom is -0.325 e. The summed E-state index contributed by atoms with van der Waals surface area (Å²) in [4.78, 5) is 19.2. The highest BCUT2D eigenvalue weighted by molar-refractivity contribution is 8.14. The fourth-order valence-corrected chi connectivity index (χ4v) is 6.83. The van der Waals surface area contributed by atoms with Crippen molar-refractivity contribution in [3.05, 3.63) is 58.6 Å². The van der Waals surface area contributed by atoms with Crippen LogP contribution in [0.15, 0.2) is 47.5 Å². The number of aliphatic imine (C=N–C) groups is 1. The predicted molar refractivity (Wildman–Crippen MR) is 125 cm³/mol. The molecule has 2 heterocycles. The Morgan fingerprint density at radius 1 is 1.20 bits per heavy atom. The number of amidine groups is 1. The molecule has 1 N–H and O–H groups in total. The Bertz CT molecular complexity index is 1110. The molecule has 2 aromatic carbocycles. The fourth-order valence-electron chi connectivity index (χ4n) is 3.88. The first-order valence-electron chi connectivity index (χ1n) is 9.55. The average molecular weight is 464 g/mol. The number of sulfone groups is 1. The molecular weight excluding hydrogens is 442 g/mol. The van der Waals surface area contributed by atoms with Gasteiger partial charge in [0, 0.05) is 16.4 Å². The van der Waals surface area contributed by atoms with Crippen molar-refractivity contribution in [1.29, 1.82) is 0 Å². The first-order valence-corrected chi connectivity index (χ1v) is 12.7. The standard InChI is InChI=1S/C21H22ClN3O3S2/c1-13-5-3-6-14(2)20(13)24-19(26)10-29-21-23-17-11-30(27,28)12-18(17)25(21)16-8-4-7-15(22)9-16/h3-9,17-18H,10-12H2,1-2H3,(H,24,26)/t17-,18+/m0/s1. The van der Waals surface area contributed by atoms with Gasteiger partial charge in [0.05, 0.1) is 29.3 Å². The molecule has 0 bridgehead atoms. The molecule has 158 valence electrons. The maximum atomic E-state index is 12.6. The summed E-state index contributed by atoms with van der Waals surface area (Å²) in [6, 6.07) is 12.6. The van der Waals surface area contributed by atoms with Gasteiger partial charge in [-0.2, -0.15) is 0 Å². The topological polar surface area (TPSA) is 78.8 Å². The Labute approximate surface area is 185 Å². The summed E-state index contributed by atoms with van der Waals surface area (Å²) in [6.07, 6.45) is 0. The molecular formula is C21H22ClN3O3S2. The van der Waals surface area contributed by atoms with E-state index < -0.39 is 9.84 Å². The molecule has 2 aromatic rings. The highest BCUT2D eigenvalue weighted by atomic mass is 35.5. The number of halogens is 1. The second-order valence-electron chi connectivity index (χ2n) is 7.58. The number of para-hydroxylation sites is 1. The lowest BCUT2D eigenvalue weighted by Gasteiger charge is -2.26. The number of fused-ring (bicyclic) bond motifs is 1. The number of hydrogen-bond acceptors (Lipinski definition) is 6. The fraction of sp³-hybridized carbons (Fsp3) is 0.333. The zero-order valence-electron chi connectivity index (χ0n) is 16.6. The summed E-state index contributed by atoms with van der Waals surface area (Å²) >= 11 is 7.48. The van der Waals surface area contributed by atoms with E-state index in [0.717, 1.165) is 22.5 Å². The van der Waals surface area contributed by atoms with Gasteiger partial charge in [-0.05, 0) is 43.2 Å². The first kappa shape index (κ1) is 21.2. The van der Waals surface area contributed by atoms with E-state index in [4.69, 9.17) is 11.6 Å². The number of hydrogen-bond donors (Lipinski definition) is 1. The van der Waals surface area contributed by atoms with Gasteiger partial charge in [-0.1, -0.05) is 47.6 Å². The van der Waals surface area contributed by atoms with Crippen molar-refractivity contribution in [1.82, 2.24) is 0 Å². The number of nitrogens with one attached hydrogen (secondary N) is 1. The van der Waals surface area contributed by atoms with Crippen LogP contribution in [0.3, 0.4) is 0 Å². The summed E-state index contributed by atoms with van der Waals surface area (Å²) in [7, 11) is -3.13. The summed E-state index contributed by atoms with van der Waals surface area (Å²) in [5, 5.41) is 4.19. The number of nitrogens with zero attached hydrogens (tertiary/aromatic N) is 2. The summed E-state index contributed by atoms with van der Waals surface area (Å²) in [6.45, 7) is 3.92. The normalized spacial score (nSPS) is 22.0. The van der Waals surface area contributed by atoms with Crippen LogP contribution in [0.1, 0.15) is 11.1 Å². The van der Waals surface area contributed by atoms with E-state index in [1.807, 2.05) is 49.1 Å². The third-order valence-corrected chi connectivity index (χ3v) is 8.17. The van der Waals surface area contributed by atoms with Crippen molar-refractivity contribution in [2.75, 3.05) is 27.5 Å². The number of rotatable bonds is 4. The largest absolute Gasteiger partial charge is 0.325 e. The number of aryl methyl sites for hydroxylation is 2. The van der Waals surface area contributed by atoms with Crippen LogP contribution < -0.4 is 10.2 Å². The Balaban J connectivity index is 1.52. The Kier molecular flexibility index (Phi) is 5.83. The van der Waals surface area contributed by atoms with Crippen LogP contribution in [0, 0.1) is 13.8 Å². The number of amides is 1. The smallest absolute Gasteiger partial charge is 0.234 e. The van der Waals surface area contributed by atoms with Crippen molar-refractivity contribution >= 4 is 55.6 Å². The third-order valence-electron chi connectivity index (χ3n) is 5.27. The molecule has 0 aliphatic carbocycles. The van der Waals surface area contributed by atoms with Gasteiger partial charge in [-0.15, -0.1) is 0 Å². The van der Waals surface area contributed by atoms with Gasteiger partial charge in [-0.25, -0.2) is 8.42 Å². The highest BCUT2D eigenvalue weighted by Gasteiger charge is 2.47. The molecule has 6 nitrogen and oxygen atoms in total. The van der Waals surface area contributed by atoms with Crippen LogP contribution in [0.2, 0.25) is 5.02 Å². The number of anilines is 2. The van der Waals surface area contributed by atoms with Crippen molar-refractivity contribution in [3.8, 4) is 0 Å². The first-order chi connectivity index (χ1) is 14.2. The lowest BCUT2D eigenvalue weighted by Crippen LogP contribution is -2.39. The van der Waals surface area contributed by atoms with E-state index >= 15 is 0 Å². The molecule has 1 fully saturated rings. The number of thioether (sulfide) groups is 1. The van der Waals surface area contributed by atoms with Crippen molar-refractivity contribution in [2.45, 2.75) is 25.9 Å². The van der Waals surface area contributed by atoms with E-state index in [-0.39, 0.29) is 35.2 Å². The van der Waals surface area contributed by atoms with Gasteiger partial charge in [0.25, 0.3) is 0 Å². The minimum absolute atomic E-state index is 0.0351. The highest BCUT2D eigenvalue weighted by Crippen LogP contribution is 2.36. The maximum absolute atomic E-state index is 12.6. The summed E-state index contributed by atoms with van der Waals surface area (Å²) in [5.41, 5.74) is 3.62. The zero-order valence-corrected chi connectivity index (χ0v) is 19.0. The third kappa shape index (κ3) is 4.36. The Morgan fingerprint density at radius 2 is 1.90 bits per heavy atom. The molecule has 4 rings (SSSR count). The molecule has 1 amide bonds. The van der Waals surface area contributed by atoms with Gasteiger partial charge in [0.1, 0.15) is 0 Å². The number of carbonyl (C=O) groups is 1. The molecule has 1 saturated heterocycles. The van der Waals surface area contributed by atoms with E-state index in [9.17, 15) is 13.2 Å². The van der Waals surface area contributed by atoms with Gasteiger partial charge < -0.3 is 10.2 Å². The number of carbonyl (C=O) groups excluding carboxylic acids is 1. The van der Waals surface area contributed by atoms with E-state index in [2.05, 4.69) is 10.3 Å². The zero-order chi connectivity index (χ0) is 21.5. The van der Waals surface area contributed by atoms with Gasteiger partial charge >= 0.3 is 0 Å². The average Bonchev–Trinajstić information content (AvgIpc) is 3.14. The minimum atomic E-state index is -3.13. The molecule has 0 saturated carbocycles. The predicted octanol–water partition coefficient (Wildman–Crippen LogP) is 3.67. The molecule has 0 aromatic heterocycles. The summed E-state index contributed by atoms with van der Waals surface area (Å²) in [5.74, 6) is 0.131. The summed E-state index contributed by atoms with van der Waals surface area (Å²) < 4.78 is 24.3. The van der Waals surface area contributed by atoms with E-state index in [1.165, 1.54) is 11.8 Å². The van der Waals surface area contributed by atoms with Crippen LogP contribution in [-0.4, -0.2) is 48.8 Å². The van der Waals surface area contributed by atoms with Crippen molar-refractivity contribution in [2.24, 2.45) is 4.99 Å². The Morgan fingerprint density at radius 3 is 2.60 bits per heavy atom. The van der Waals surface area contributed by atoms with Crippen LogP contribution in [0.5, 0.6) is 0 Å². The lowest BCUT2D eigenvalue weighted by molar-refractivity contribution is -0.113. The SMILES string of the molecule is Cc1cccc(C)c1NC(=O)CSC1=N[C@H]2CS(=O)(=O)C[C@H]2N1c1cccc(Cl)c1. The molecule has 0 unspecified atom stereocenters. The second kappa shape index (κ2) is 8.24. The molecule has 0 spiro atoms. The molecule has 30 heavy (non-hydrogen) atoms. The maximum Gasteiger partial charge on any atom is 0.234 e.